The number of esters is 5. The molecule has 3 aliphatic rings. The average molecular weight is 1200 g/mol. The zero-order chi connectivity index (χ0) is 57.1. The van der Waals surface area contributed by atoms with Crippen LogP contribution in [0.5, 0.6) is 0 Å². The van der Waals surface area contributed by atoms with E-state index in [0.717, 1.165) is 36.1 Å². The maximum Gasteiger partial charge on any atom is 0.338 e. The fourth-order valence-corrected chi connectivity index (χ4v) is 10.8. The highest BCUT2D eigenvalue weighted by atomic mass is 79.9. The number of rotatable bonds is 12. The Kier molecular flexibility index (Phi) is 21.2. The molecule has 4 aromatic carbocycles. The summed E-state index contributed by atoms with van der Waals surface area (Å²) in [6.45, 7) is 15.6. The van der Waals surface area contributed by atoms with Crippen LogP contribution in [-0.2, 0) is 51.0 Å². The van der Waals surface area contributed by atoms with Crippen LogP contribution in [0.2, 0.25) is 0 Å². The fourth-order valence-electron chi connectivity index (χ4n) is 10.0. The molecule has 1 heterocycles. The van der Waals surface area contributed by atoms with Crippen LogP contribution in [0.3, 0.4) is 0 Å². The van der Waals surface area contributed by atoms with Crippen molar-refractivity contribution in [3.05, 3.63) is 162 Å². The maximum atomic E-state index is 14.1. The number of carbonyl (C=O) groups excluding carboxylic acids is 5. The molecule has 8 rings (SSSR count). The van der Waals surface area contributed by atoms with Gasteiger partial charge in [-0.05, 0) is 180 Å². The third-order valence-electron chi connectivity index (χ3n) is 13.6. The molecule has 1 atom stereocenters. The lowest BCUT2D eigenvalue weighted by atomic mass is 9.81. The highest BCUT2D eigenvalue weighted by Crippen LogP contribution is 2.41. The van der Waals surface area contributed by atoms with Crippen LogP contribution < -0.4 is 0 Å². The van der Waals surface area contributed by atoms with Crippen molar-refractivity contribution in [1.82, 2.24) is 4.57 Å². The molecule has 0 radical (unpaired) electrons. The van der Waals surface area contributed by atoms with E-state index in [4.69, 9.17) is 23.7 Å². The summed E-state index contributed by atoms with van der Waals surface area (Å²) in [5, 5.41) is 1.06. The number of allylic oxidation sites excluding steroid dienone is 2. The lowest BCUT2D eigenvalue weighted by molar-refractivity contribution is -0.154. The van der Waals surface area contributed by atoms with Crippen molar-refractivity contribution in [3.8, 4) is 0 Å². The molecule has 11 nitrogen and oxygen atoms in total. The van der Waals surface area contributed by atoms with Gasteiger partial charge in [-0.15, -0.1) is 0 Å². The number of halogens is 4. The van der Waals surface area contributed by atoms with E-state index in [1.807, 2.05) is 49.6 Å². The molecular formula is C63H71Br2F2NO10. The normalized spacial score (nSPS) is 15.3. The van der Waals surface area contributed by atoms with Gasteiger partial charge in [0.05, 0.1) is 43.0 Å². The summed E-state index contributed by atoms with van der Waals surface area (Å²) in [4.78, 5) is 60.7. The molecule has 1 unspecified atom stereocenters. The second-order valence-corrected chi connectivity index (χ2v) is 23.6. The van der Waals surface area contributed by atoms with E-state index in [9.17, 15) is 32.8 Å². The van der Waals surface area contributed by atoms with Crippen LogP contribution >= 0.6 is 31.9 Å². The van der Waals surface area contributed by atoms with E-state index in [2.05, 4.69) is 56.8 Å². The van der Waals surface area contributed by atoms with Crippen LogP contribution in [-0.4, -0.2) is 59.8 Å². The number of nitrogens with zero attached hydrogens (tertiary/aromatic N) is 1. The Labute approximate surface area is 474 Å². The molecule has 0 saturated heterocycles. The lowest BCUT2D eigenvalue weighted by Crippen LogP contribution is -2.27. The van der Waals surface area contributed by atoms with Gasteiger partial charge in [-0.2, -0.15) is 0 Å². The first-order valence-corrected chi connectivity index (χ1v) is 28.0. The van der Waals surface area contributed by atoms with Gasteiger partial charge in [0.1, 0.15) is 22.8 Å². The molecule has 15 heteroatoms. The number of hydrogen-bond donors (Lipinski definition) is 0. The zero-order valence-corrected chi connectivity index (χ0v) is 49.3. The number of aromatic nitrogens is 1. The molecule has 0 spiro atoms. The summed E-state index contributed by atoms with van der Waals surface area (Å²) in [5.74, 6) is -2.23. The SMILES string of the molecule is C=C(C(=O)OC(C)(C)C)C(OC(C)=O)c1cc(F)ccc1Br.COC(=O)c1ccc2c(C3CCCCC3)cn(C/C(=C\c3cc(F)ccc3Br)C(=O)OC(C)(C)C)c2c1.COC(=O)c1ccc2c(c1)CC=C2C1CCCCC1. The zero-order valence-electron chi connectivity index (χ0n) is 46.1. The van der Waals surface area contributed by atoms with Crippen LogP contribution in [0.4, 0.5) is 8.78 Å². The first kappa shape index (κ1) is 61.0. The fraction of sp³-hybridized carbons (Fsp3) is 0.413. The number of fused-ring (bicyclic) bond motifs is 2. The molecule has 0 aliphatic heterocycles. The van der Waals surface area contributed by atoms with Crippen LogP contribution in [0.1, 0.15) is 173 Å². The summed E-state index contributed by atoms with van der Waals surface area (Å²) in [5.41, 5.74) is 7.03. The van der Waals surface area contributed by atoms with Crippen molar-refractivity contribution < 1.29 is 56.4 Å². The molecule has 5 aromatic rings. The molecule has 416 valence electrons. The number of carbonyl (C=O) groups is 5. The first-order chi connectivity index (χ1) is 36.9. The molecule has 78 heavy (non-hydrogen) atoms. The predicted octanol–water partition coefficient (Wildman–Crippen LogP) is 15.9. The van der Waals surface area contributed by atoms with E-state index in [1.54, 1.807) is 39.0 Å². The predicted molar refractivity (Wildman–Crippen MR) is 307 cm³/mol. The average Bonchev–Trinajstić information content (AvgIpc) is 4.02. The van der Waals surface area contributed by atoms with Crippen molar-refractivity contribution in [2.75, 3.05) is 14.2 Å². The number of benzene rings is 4. The molecule has 2 saturated carbocycles. The third kappa shape index (κ3) is 16.7. The standard InChI is InChI=1S/C30H33BrFNO4.C17H20O2.C16H18BrFO4/c1-30(2,3)37-29(35)22(14-21-15-23(32)11-13-26(21)31)17-33-18-25(19-8-6-5-7-9-19)24-12-10-20(16-27(24)33)28(34)36-4;1-19-17(18)14-8-10-16-13(11-14)7-9-15(16)12-5-3-2-4-6-12;1-9(15(20)22-16(3,4)5)14(21-10(2)19)12-8-11(18)6-7-13(12)17/h10-16,18-19H,5-9,17H2,1-4H3;8-12H,2-7H2,1H3;6-8,14H,1H2,2-5H3/b22-14+;;. The third-order valence-corrected chi connectivity index (χ3v) is 15.0. The summed E-state index contributed by atoms with van der Waals surface area (Å²) >= 11 is 6.71. The van der Waals surface area contributed by atoms with Gasteiger partial charge in [0.15, 0.2) is 6.10 Å². The van der Waals surface area contributed by atoms with Gasteiger partial charge in [-0.3, -0.25) is 4.79 Å². The summed E-state index contributed by atoms with van der Waals surface area (Å²) < 4.78 is 56.5. The van der Waals surface area contributed by atoms with Gasteiger partial charge < -0.3 is 28.3 Å². The summed E-state index contributed by atoms with van der Waals surface area (Å²) in [6.07, 6.45) is 18.6. The van der Waals surface area contributed by atoms with Gasteiger partial charge in [0, 0.05) is 38.5 Å². The highest BCUT2D eigenvalue weighted by Gasteiger charge is 2.31. The van der Waals surface area contributed by atoms with Gasteiger partial charge in [0.2, 0.25) is 0 Å². The quantitative estimate of drug-likeness (QED) is 0.0674. The summed E-state index contributed by atoms with van der Waals surface area (Å²) in [7, 11) is 2.79. The van der Waals surface area contributed by atoms with Crippen molar-refractivity contribution in [2.24, 2.45) is 5.92 Å². The smallest absolute Gasteiger partial charge is 0.338 e. The second-order valence-electron chi connectivity index (χ2n) is 21.9. The number of methoxy groups -OCH3 is 2. The monoisotopic (exact) mass is 1200 g/mol. The van der Waals surface area contributed by atoms with Gasteiger partial charge in [-0.25, -0.2) is 28.0 Å². The van der Waals surface area contributed by atoms with Crippen molar-refractivity contribution in [1.29, 1.82) is 0 Å². The molecule has 0 N–H and O–H groups in total. The van der Waals surface area contributed by atoms with E-state index < -0.39 is 52.8 Å². The minimum Gasteiger partial charge on any atom is -0.465 e. The minimum atomic E-state index is -1.13. The minimum absolute atomic E-state index is 0.0866. The van der Waals surface area contributed by atoms with Gasteiger partial charge in [-0.1, -0.05) is 95.2 Å². The number of ether oxygens (including phenoxy) is 5. The Hall–Kier alpha value is -6.19. The second kappa shape index (κ2) is 27.1. The molecule has 1 aromatic heterocycles. The van der Waals surface area contributed by atoms with Gasteiger partial charge in [0.25, 0.3) is 0 Å². The Balaban J connectivity index is 0.000000204. The molecule has 0 bridgehead atoms. The Bertz CT molecular complexity index is 3090. The topological polar surface area (TPSA) is 136 Å². The molecule has 2 fully saturated rings. The lowest BCUT2D eigenvalue weighted by Gasteiger charge is -2.24. The van der Waals surface area contributed by atoms with Crippen molar-refractivity contribution in [3.63, 3.8) is 0 Å². The maximum absolute atomic E-state index is 14.1. The number of hydrogen-bond acceptors (Lipinski definition) is 10. The Morgan fingerprint density at radius 2 is 1.26 bits per heavy atom. The van der Waals surface area contributed by atoms with Crippen molar-refractivity contribution >= 4 is 84.3 Å². The molecule has 0 amide bonds. The van der Waals surface area contributed by atoms with E-state index >= 15 is 0 Å². The van der Waals surface area contributed by atoms with Crippen LogP contribution in [0, 0.1) is 17.6 Å². The van der Waals surface area contributed by atoms with Crippen LogP contribution in [0.25, 0.3) is 22.6 Å². The van der Waals surface area contributed by atoms with Gasteiger partial charge >= 0.3 is 29.8 Å². The largest absolute Gasteiger partial charge is 0.465 e. The summed E-state index contributed by atoms with van der Waals surface area (Å²) in [6, 6.07) is 19.8. The van der Waals surface area contributed by atoms with E-state index in [-0.39, 0.29) is 23.7 Å². The Morgan fingerprint density at radius 1 is 0.705 bits per heavy atom. The first-order valence-electron chi connectivity index (χ1n) is 26.4. The molecule has 3 aliphatic carbocycles. The van der Waals surface area contributed by atoms with Crippen LogP contribution in [0.15, 0.2) is 112 Å². The Morgan fingerprint density at radius 3 is 1.85 bits per heavy atom. The van der Waals surface area contributed by atoms with E-state index in [1.165, 1.54) is 125 Å². The van der Waals surface area contributed by atoms with E-state index in [0.29, 0.717) is 37.1 Å². The van der Waals surface area contributed by atoms with Crippen molar-refractivity contribution in [2.45, 2.75) is 149 Å². The molecular weight excluding hydrogens is 1130 g/mol. The highest BCUT2D eigenvalue weighted by molar-refractivity contribution is 9.10.